The summed E-state index contributed by atoms with van der Waals surface area (Å²) in [5, 5.41) is 0. The zero-order valence-corrected chi connectivity index (χ0v) is 10.3. The largest absolute Gasteiger partial charge is 0.432 e. The number of hydrogen-bond donors (Lipinski definition) is 0. The van der Waals surface area contributed by atoms with Gasteiger partial charge in [0.1, 0.15) is 5.75 Å². The lowest BCUT2D eigenvalue weighted by Gasteiger charge is -2.04. The van der Waals surface area contributed by atoms with Gasteiger partial charge in [0.25, 0.3) is 6.01 Å². The lowest BCUT2D eigenvalue weighted by Crippen LogP contribution is -1.90. The number of ether oxygens (including phenoxy) is 1. The SMILES string of the molecule is CCc1cccc(O/C(F)=C\c2ccccc2)c1. The first kappa shape index (κ1) is 12.4. The number of benzene rings is 2. The van der Waals surface area contributed by atoms with E-state index < -0.39 is 6.01 Å². The Morgan fingerprint density at radius 1 is 1.11 bits per heavy atom. The van der Waals surface area contributed by atoms with Crippen molar-refractivity contribution in [3.05, 3.63) is 71.7 Å². The Hall–Kier alpha value is -2.09. The van der Waals surface area contributed by atoms with Crippen molar-refractivity contribution in [1.29, 1.82) is 0 Å². The van der Waals surface area contributed by atoms with E-state index in [-0.39, 0.29) is 0 Å². The van der Waals surface area contributed by atoms with Crippen LogP contribution in [-0.4, -0.2) is 0 Å². The second kappa shape index (κ2) is 6.01. The first-order chi connectivity index (χ1) is 8.78. The van der Waals surface area contributed by atoms with Gasteiger partial charge in [-0.1, -0.05) is 49.4 Å². The topological polar surface area (TPSA) is 9.23 Å². The molecule has 2 aromatic rings. The van der Waals surface area contributed by atoms with E-state index in [2.05, 4.69) is 6.92 Å². The minimum Gasteiger partial charge on any atom is -0.432 e. The van der Waals surface area contributed by atoms with Crippen LogP contribution in [0.3, 0.4) is 0 Å². The van der Waals surface area contributed by atoms with Gasteiger partial charge in [0.2, 0.25) is 0 Å². The second-order valence-corrected chi connectivity index (χ2v) is 3.96. The third-order valence-corrected chi connectivity index (χ3v) is 2.60. The highest BCUT2D eigenvalue weighted by Crippen LogP contribution is 2.18. The summed E-state index contributed by atoms with van der Waals surface area (Å²) in [7, 11) is 0. The Labute approximate surface area is 107 Å². The highest BCUT2D eigenvalue weighted by atomic mass is 19.1. The van der Waals surface area contributed by atoms with Gasteiger partial charge in [-0.25, -0.2) is 0 Å². The van der Waals surface area contributed by atoms with Crippen LogP contribution in [0.4, 0.5) is 4.39 Å². The van der Waals surface area contributed by atoms with Crippen LogP contribution in [0, 0.1) is 0 Å². The van der Waals surface area contributed by atoms with Gasteiger partial charge in [0, 0.05) is 6.08 Å². The summed E-state index contributed by atoms with van der Waals surface area (Å²) in [5.41, 5.74) is 1.90. The predicted octanol–water partition coefficient (Wildman–Crippen LogP) is 4.60. The fourth-order valence-corrected chi connectivity index (χ4v) is 1.65. The quantitative estimate of drug-likeness (QED) is 0.712. The summed E-state index contributed by atoms with van der Waals surface area (Å²) >= 11 is 0. The van der Waals surface area contributed by atoms with Crippen LogP contribution in [0.25, 0.3) is 6.08 Å². The number of aryl methyl sites for hydroxylation is 1. The molecule has 0 saturated carbocycles. The third-order valence-electron chi connectivity index (χ3n) is 2.60. The standard InChI is InChI=1S/C16H15FO/c1-2-13-9-6-10-15(11-13)18-16(17)12-14-7-4-3-5-8-14/h3-12H,2H2,1H3/b16-12-. The third kappa shape index (κ3) is 3.45. The molecule has 0 aromatic heterocycles. The Kier molecular flexibility index (Phi) is 4.13. The normalized spacial score (nSPS) is 11.3. The van der Waals surface area contributed by atoms with Gasteiger partial charge in [-0.2, -0.15) is 4.39 Å². The van der Waals surface area contributed by atoms with Crippen molar-refractivity contribution in [2.24, 2.45) is 0 Å². The fourth-order valence-electron chi connectivity index (χ4n) is 1.65. The van der Waals surface area contributed by atoms with Crippen molar-refractivity contribution in [2.75, 3.05) is 0 Å². The molecule has 0 aliphatic heterocycles. The molecule has 92 valence electrons. The van der Waals surface area contributed by atoms with E-state index >= 15 is 0 Å². The monoisotopic (exact) mass is 242 g/mol. The molecular formula is C16H15FO. The molecule has 18 heavy (non-hydrogen) atoms. The van der Waals surface area contributed by atoms with Crippen molar-refractivity contribution >= 4 is 6.08 Å². The zero-order valence-electron chi connectivity index (χ0n) is 10.3. The van der Waals surface area contributed by atoms with Gasteiger partial charge in [0.05, 0.1) is 0 Å². The lowest BCUT2D eigenvalue weighted by atomic mass is 10.2. The predicted molar refractivity (Wildman–Crippen MR) is 72.0 cm³/mol. The van der Waals surface area contributed by atoms with Gasteiger partial charge < -0.3 is 4.74 Å². The Bertz CT molecular complexity index is 532. The van der Waals surface area contributed by atoms with Crippen molar-refractivity contribution < 1.29 is 9.13 Å². The molecule has 0 spiro atoms. The van der Waals surface area contributed by atoms with Crippen LogP contribution < -0.4 is 4.74 Å². The van der Waals surface area contributed by atoms with Gasteiger partial charge >= 0.3 is 0 Å². The number of rotatable bonds is 4. The molecule has 2 aromatic carbocycles. The van der Waals surface area contributed by atoms with Crippen LogP contribution in [0.5, 0.6) is 5.75 Å². The van der Waals surface area contributed by atoms with Crippen LogP contribution in [0.1, 0.15) is 18.1 Å². The summed E-state index contributed by atoms with van der Waals surface area (Å²) in [4.78, 5) is 0. The average molecular weight is 242 g/mol. The van der Waals surface area contributed by atoms with E-state index in [4.69, 9.17) is 4.74 Å². The minimum atomic E-state index is -0.602. The van der Waals surface area contributed by atoms with Crippen LogP contribution in [0.2, 0.25) is 0 Å². The van der Waals surface area contributed by atoms with E-state index in [0.717, 1.165) is 17.5 Å². The van der Waals surface area contributed by atoms with E-state index in [1.54, 1.807) is 6.07 Å². The maximum absolute atomic E-state index is 13.6. The number of hydrogen-bond acceptors (Lipinski definition) is 1. The molecule has 0 N–H and O–H groups in total. The van der Waals surface area contributed by atoms with Gasteiger partial charge in [-0.05, 0) is 29.7 Å². The molecule has 0 saturated heterocycles. The van der Waals surface area contributed by atoms with E-state index in [0.29, 0.717) is 5.75 Å². The van der Waals surface area contributed by atoms with E-state index in [9.17, 15) is 4.39 Å². The van der Waals surface area contributed by atoms with Crippen LogP contribution >= 0.6 is 0 Å². The lowest BCUT2D eigenvalue weighted by molar-refractivity contribution is 0.308. The van der Waals surface area contributed by atoms with Crippen molar-refractivity contribution in [3.8, 4) is 5.75 Å². The maximum Gasteiger partial charge on any atom is 0.278 e. The molecule has 0 fully saturated rings. The molecule has 0 atom stereocenters. The van der Waals surface area contributed by atoms with E-state index in [1.807, 2.05) is 48.5 Å². The number of halogens is 1. The molecular weight excluding hydrogens is 227 g/mol. The molecule has 0 radical (unpaired) electrons. The summed E-state index contributed by atoms with van der Waals surface area (Å²) in [5.74, 6) is 0.527. The van der Waals surface area contributed by atoms with Gasteiger partial charge in [0.15, 0.2) is 0 Å². The fraction of sp³-hybridized carbons (Fsp3) is 0.125. The molecule has 2 rings (SSSR count). The maximum atomic E-state index is 13.6. The first-order valence-corrected chi connectivity index (χ1v) is 5.97. The summed E-state index contributed by atoms with van der Waals surface area (Å²) < 4.78 is 18.8. The Balaban J connectivity index is 2.11. The molecule has 0 aliphatic rings. The summed E-state index contributed by atoms with van der Waals surface area (Å²) in [6, 6.07) is 16.1. The average Bonchev–Trinajstić information content (AvgIpc) is 2.40. The molecule has 0 unspecified atom stereocenters. The molecule has 2 heteroatoms. The highest BCUT2D eigenvalue weighted by Gasteiger charge is 2.00. The smallest absolute Gasteiger partial charge is 0.278 e. The minimum absolute atomic E-state index is 0.527. The molecule has 0 heterocycles. The zero-order chi connectivity index (χ0) is 12.8. The highest BCUT2D eigenvalue weighted by molar-refractivity contribution is 5.50. The van der Waals surface area contributed by atoms with E-state index in [1.165, 1.54) is 6.08 Å². The van der Waals surface area contributed by atoms with Gasteiger partial charge in [-0.15, -0.1) is 0 Å². The Morgan fingerprint density at radius 3 is 2.61 bits per heavy atom. The van der Waals surface area contributed by atoms with Crippen molar-refractivity contribution in [2.45, 2.75) is 13.3 Å². The van der Waals surface area contributed by atoms with Gasteiger partial charge in [-0.3, -0.25) is 0 Å². The van der Waals surface area contributed by atoms with Crippen LogP contribution in [0.15, 0.2) is 60.6 Å². The molecule has 1 nitrogen and oxygen atoms in total. The first-order valence-electron chi connectivity index (χ1n) is 5.97. The van der Waals surface area contributed by atoms with Crippen molar-refractivity contribution in [3.63, 3.8) is 0 Å². The molecule has 0 bridgehead atoms. The van der Waals surface area contributed by atoms with Crippen molar-refractivity contribution in [1.82, 2.24) is 0 Å². The summed E-state index contributed by atoms with van der Waals surface area (Å²) in [6.07, 6.45) is 2.28. The summed E-state index contributed by atoms with van der Waals surface area (Å²) in [6.45, 7) is 2.05. The molecule has 0 aliphatic carbocycles. The Morgan fingerprint density at radius 2 is 1.89 bits per heavy atom. The van der Waals surface area contributed by atoms with Crippen LogP contribution in [-0.2, 0) is 6.42 Å². The second-order valence-electron chi connectivity index (χ2n) is 3.96. The molecule has 0 amide bonds.